The molecule has 1 aromatic carbocycles. The van der Waals surface area contributed by atoms with Crippen LogP contribution in [-0.4, -0.2) is 42.7 Å². The molecule has 1 spiro atoms. The number of hydrogen-bond donors (Lipinski definition) is 0. The molecule has 22 heavy (non-hydrogen) atoms. The van der Waals surface area contributed by atoms with Crippen molar-refractivity contribution in [3.05, 3.63) is 35.4 Å². The molecule has 3 heterocycles. The lowest BCUT2D eigenvalue weighted by Crippen LogP contribution is -2.70. The Morgan fingerprint density at radius 1 is 1.18 bits per heavy atom. The number of ether oxygens (including phenoxy) is 1. The smallest absolute Gasteiger partial charge is 0.315 e. The molecule has 4 unspecified atom stereocenters. The van der Waals surface area contributed by atoms with E-state index in [9.17, 15) is 4.79 Å². The van der Waals surface area contributed by atoms with Crippen LogP contribution in [0.25, 0.3) is 0 Å². The average molecular weight is 300 g/mol. The Balaban J connectivity index is 1.72. The monoisotopic (exact) mass is 300 g/mol. The topological polar surface area (TPSA) is 26.3 Å². The highest BCUT2D eigenvalue weighted by Gasteiger charge is 2.63. The first kappa shape index (κ1) is 14.3. The summed E-state index contributed by atoms with van der Waals surface area (Å²) in [5.74, 6) is 0.405. The van der Waals surface area contributed by atoms with Crippen LogP contribution in [0, 0.1) is 12.8 Å². The van der Waals surface area contributed by atoms with Crippen LogP contribution in [0.4, 0.5) is 0 Å². The molecule has 0 N–H and O–H groups in total. The van der Waals surface area contributed by atoms with Crippen LogP contribution in [0.3, 0.4) is 0 Å². The second-order valence-electron chi connectivity index (χ2n) is 7.50. The van der Waals surface area contributed by atoms with Crippen molar-refractivity contribution in [3.63, 3.8) is 0 Å². The van der Waals surface area contributed by atoms with Crippen molar-refractivity contribution in [2.45, 2.75) is 50.6 Å². The molecular formula is C19H26NO2+. The van der Waals surface area contributed by atoms with Gasteiger partial charge in [0.25, 0.3) is 0 Å². The molecule has 2 bridgehead atoms. The van der Waals surface area contributed by atoms with Crippen molar-refractivity contribution in [1.29, 1.82) is 0 Å². The number of carbonyl (C=O) groups is 1. The summed E-state index contributed by atoms with van der Waals surface area (Å²) < 4.78 is 6.45. The zero-order valence-electron chi connectivity index (χ0n) is 13.6. The minimum Gasteiger partial charge on any atom is -0.469 e. The fraction of sp³-hybridized carbons (Fsp3) is 0.632. The molecule has 3 aliphatic rings. The predicted octanol–water partition coefficient (Wildman–Crippen LogP) is 3.02. The third-order valence-electron chi connectivity index (χ3n) is 6.69. The molecule has 3 heteroatoms. The van der Waals surface area contributed by atoms with E-state index in [0.29, 0.717) is 12.0 Å². The van der Waals surface area contributed by atoms with Gasteiger partial charge in [0.05, 0.1) is 26.2 Å². The molecule has 118 valence electrons. The van der Waals surface area contributed by atoms with E-state index in [0.717, 1.165) is 12.5 Å². The molecule has 1 aromatic rings. The maximum Gasteiger partial charge on any atom is 0.315 e. The van der Waals surface area contributed by atoms with Gasteiger partial charge >= 0.3 is 5.97 Å². The first-order chi connectivity index (χ1) is 10.7. The standard InChI is InChI=1S/C19H26NO2/c1-13-4-6-14(7-5-13)16-12-15-8-9-17(18(16)19(21)22-2)20(15)10-3-11-20/h4-7,15-18H,3,8-12H2,1-2H3/q+1. The Hall–Kier alpha value is -1.35. The van der Waals surface area contributed by atoms with Gasteiger partial charge in [-0.05, 0) is 12.5 Å². The van der Waals surface area contributed by atoms with E-state index in [2.05, 4.69) is 31.2 Å². The summed E-state index contributed by atoms with van der Waals surface area (Å²) in [6, 6.07) is 10.1. The summed E-state index contributed by atoms with van der Waals surface area (Å²) in [5, 5.41) is 0. The number of hydrogen-bond acceptors (Lipinski definition) is 2. The van der Waals surface area contributed by atoms with E-state index >= 15 is 0 Å². The lowest BCUT2D eigenvalue weighted by Gasteiger charge is -2.57. The highest BCUT2D eigenvalue weighted by molar-refractivity contribution is 5.74. The van der Waals surface area contributed by atoms with Gasteiger partial charge < -0.3 is 9.22 Å². The molecule has 0 aliphatic carbocycles. The SMILES string of the molecule is COC(=O)C1C(c2ccc(C)cc2)CC2CCC1[N+]21CCC1. The van der Waals surface area contributed by atoms with E-state index < -0.39 is 0 Å². The van der Waals surface area contributed by atoms with Gasteiger partial charge in [-0.3, -0.25) is 4.79 Å². The maximum atomic E-state index is 12.6. The van der Waals surface area contributed by atoms with Gasteiger partial charge in [-0.15, -0.1) is 0 Å². The number of quaternary nitrogens is 1. The van der Waals surface area contributed by atoms with Gasteiger partial charge in [0.15, 0.2) is 0 Å². The summed E-state index contributed by atoms with van der Waals surface area (Å²) >= 11 is 0. The van der Waals surface area contributed by atoms with Crippen LogP contribution in [0.2, 0.25) is 0 Å². The lowest BCUT2D eigenvalue weighted by molar-refractivity contribution is -1.00. The molecule has 3 fully saturated rings. The normalized spacial score (nSPS) is 35.2. The molecule has 3 saturated heterocycles. The third-order valence-corrected chi connectivity index (χ3v) is 6.69. The first-order valence-electron chi connectivity index (χ1n) is 8.66. The zero-order chi connectivity index (χ0) is 15.3. The number of esters is 1. The molecule has 0 aromatic heterocycles. The Labute approximate surface area is 132 Å². The van der Waals surface area contributed by atoms with Gasteiger partial charge in [-0.2, -0.15) is 0 Å². The molecule has 0 amide bonds. The number of methoxy groups -OCH3 is 1. The number of carbonyl (C=O) groups excluding carboxylic acids is 1. The largest absolute Gasteiger partial charge is 0.469 e. The van der Waals surface area contributed by atoms with E-state index in [-0.39, 0.29) is 11.9 Å². The van der Waals surface area contributed by atoms with Crippen molar-refractivity contribution in [2.75, 3.05) is 20.2 Å². The van der Waals surface area contributed by atoms with E-state index in [1.807, 2.05) is 0 Å². The lowest BCUT2D eigenvalue weighted by atomic mass is 9.73. The number of piperidine rings is 1. The second kappa shape index (κ2) is 5.09. The first-order valence-corrected chi connectivity index (χ1v) is 8.66. The van der Waals surface area contributed by atoms with Crippen LogP contribution >= 0.6 is 0 Å². The van der Waals surface area contributed by atoms with E-state index in [1.54, 1.807) is 7.11 Å². The Bertz CT molecular complexity index is 576. The fourth-order valence-corrected chi connectivity index (χ4v) is 5.52. The second-order valence-corrected chi connectivity index (χ2v) is 7.50. The maximum absolute atomic E-state index is 12.6. The summed E-state index contributed by atoms with van der Waals surface area (Å²) in [6.45, 7) is 4.68. The van der Waals surface area contributed by atoms with E-state index in [1.165, 1.54) is 48.0 Å². The molecule has 0 radical (unpaired) electrons. The Morgan fingerprint density at radius 2 is 1.91 bits per heavy atom. The van der Waals surface area contributed by atoms with Crippen molar-refractivity contribution >= 4 is 5.97 Å². The molecule has 0 saturated carbocycles. The summed E-state index contributed by atoms with van der Waals surface area (Å²) in [6.07, 6.45) is 4.97. The van der Waals surface area contributed by atoms with Gasteiger partial charge in [0, 0.05) is 31.6 Å². The average Bonchev–Trinajstić information content (AvgIpc) is 2.76. The molecule has 3 nitrogen and oxygen atoms in total. The predicted molar refractivity (Wildman–Crippen MR) is 85.5 cm³/mol. The number of nitrogens with zero attached hydrogens (tertiary/aromatic N) is 1. The van der Waals surface area contributed by atoms with Crippen LogP contribution in [-0.2, 0) is 9.53 Å². The van der Waals surface area contributed by atoms with Crippen LogP contribution in [0.1, 0.15) is 42.7 Å². The quantitative estimate of drug-likeness (QED) is 0.620. The van der Waals surface area contributed by atoms with Crippen molar-refractivity contribution < 1.29 is 14.0 Å². The minimum absolute atomic E-state index is 0.0142. The Morgan fingerprint density at radius 3 is 2.50 bits per heavy atom. The molecular weight excluding hydrogens is 274 g/mol. The van der Waals surface area contributed by atoms with Crippen LogP contribution < -0.4 is 0 Å². The van der Waals surface area contributed by atoms with Gasteiger partial charge in [-0.1, -0.05) is 29.8 Å². The molecule has 4 rings (SSSR count). The number of aryl methyl sites for hydroxylation is 1. The van der Waals surface area contributed by atoms with Crippen molar-refractivity contribution in [2.24, 2.45) is 5.92 Å². The number of rotatable bonds is 2. The van der Waals surface area contributed by atoms with E-state index in [4.69, 9.17) is 4.74 Å². The highest BCUT2D eigenvalue weighted by atomic mass is 16.5. The summed E-state index contributed by atoms with van der Waals surface area (Å²) in [4.78, 5) is 12.6. The minimum atomic E-state index is 0.0142. The molecule has 4 atom stereocenters. The van der Waals surface area contributed by atoms with Crippen LogP contribution in [0.5, 0.6) is 0 Å². The third kappa shape index (κ3) is 1.88. The Kier molecular flexibility index (Phi) is 3.30. The van der Waals surface area contributed by atoms with Crippen molar-refractivity contribution in [1.82, 2.24) is 0 Å². The fourth-order valence-electron chi connectivity index (χ4n) is 5.52. The van der Waals surface area contributed by atoms with Gasteiger partial charge in [0.1, 0.15) is 12.0 Å². The van der Waals surface area contributed by atoms with Crippen molar-refractivity contribution in [3.8, 4) is 0 Å². The summed E-state index contributed by atoms with van der Waals surface area (Å²) in [7, 11) is 1.55. The zero-order valence-corrected chi connectivity index (χ0v) is 13.6. The highest BCUT2D eigenvalue weighted by Crippen LogP contribution is 2.54. The molecule has 3 aliphatic heterocycles. The van der Waals surface area contributed by atoms with Crippen LogP contribution in [0.15, 0.2) is 24.3 Å². The summed E-state index contributed by atoms with van der Waals surface area (Å²) in [5.41, 5.74) is 2.61. The number of benzene rings is 1. The van der Waals surface area contributed by atoms with Gasteiger partial charge in [-0.25, -0.2) is 0 Å². The van der Waals surface area contributed by atoms with Gasteiger partial charge in [0.2, 0.25) is 0 Å².